The Labute approximate surface area is 196 Å². The summed E-state index contributed by atoms with van der Waals surface area (Å²) in [5, 5.41) is 2.86. The van der Waals surface area contributed by atoms with Gasteiger partial charge < -0.3 is 10.2 Å². The molecule has 3 rings (SSSR count). The molecule has 7 nitrogen and oxygen atoms in total. The van der Waals surface area contributed by atoms with Crippen molar-refractivity contribution in [3.8, 4) is 0 Å². The van der Waals surface area contributed by atoms with Crippen LogP contribution in [0.15, 0.2) is 53.4 Å². The summed E-state index contributed by atoms with van der Waals surface area (Å²) in [6.07, 6.45) is 2.21. The number of nitrogens with one attached hydrogen (secondary N) is 2. The molecule has 8 heteroatoms. The topological polar surface area (TPSA) is 95.6 Å². The van der Waals surface area contributed by atoms with Gasteiger partial charge in [0.25, 0.3) is 15.9 Å². The molecule has 1 atom stereocenters. The van der Waals surface area contributed by atoms with E-state index in [9.17, 15) is 18.0 Å². The summed E-state index contributed by atoms with van der Waals surface area (Å²) >= 11 is 0. The van der Waals surface area contributed by atoms with Crippen LogP contribution in [0, 0.1) is 0 Å². The van der Waals surface area contributed by atoms with Gasteiger partial charge in [-0.3, -0.25) is 14.3 Å². The molecule has 1 heterocycles. The lowest BCUT2D eigenvalue weighted by atomic mass is 9.87. The van der Waals surface area contributed by atoms with Gasteiger partial charge in [0, 0.05) is 24.3 Å². The molecule has 0 saturated carbocycles. The van der Waals surface area contributed by atoms with Gasteiger partial charge in [0.1, 0.15) is 6.04 Å². The van der Waals surface area contributed by atoms with E-state index in [1.54, 1.807) is 35.2 Å². The first-order chi connectivity index (χ1) is 15.5. The van der Waals surface area contributed by atoms with Gasteiger partial charge in [-0.25, -0.2) is 8.42 Å². The maximum Gasteiger partial charge on any atom is 0.261 e. The van der Waals surface area contributed by atoms with Gasteiger partial charge in [0.05, 0.1) is 4.90 Å². The highest BCUT2D eigenvalue weighted by Gasteiger charge is 2.34. The molecular formula is C25H33N3O4S. The van der Waals surface area contributed by atoms with E-state index in [1.165, 1.54) is 6.07 Å². The van der Waals surface area contributed by atoms with E-state index in [1.807, 2.05) is 19.1 Å². The smallest absolute Gasteiger partial charge is 0.261 e. The predicted molar refractivity (Wildman–Crippen MR) is 130 cm³/mol. The Bertz CT molecular complexity index is 1110. The molecule has 178 valence electrons. The minimum atomic E-state index is -3.81. The highest BCUT2D eigenvalue weighted by Crippen LogP contribution is 2.25. The van der Waals surface area contributed by atoms with Crippen LogP contribution >= 0.6 is 0 Å². The standard InChI is InChI=1S/C25H33N3O4S/c1-5-15-26-23(29)22-10-7-16-28(22)24(30)18-8-6-9-20(17-18)27-33(31,32)21-13-11-19(12-14-21)25(2,3)4/h6,8-9,11-14,17,22,27H,5,7,10,15-16H2,1-4H3,(H,26,29)/t22-/m1/s1. The minimum absolute atomic E-state index is 0.0781. The zero-order valence-corrected chi connectivity index (χ0v) is 20.5. The van der Waals surface area contributed by atoms with E-state index in [0.29, 0.717) is 30.8 Å². The Morgan fingerprint density at radius 3 is 2.42 bits per heavy atom. The summed E-state index contributed by atoms with van der Waals surface area (Å²) < 4.78 is 28.3. The SMILES string of the molecule is CCCNC(=O)[C@H]1CCCN1C(=O)c1cccc(NS(=O)(=O)c2ccc(C(C)(C)C)cc2)c1. The van der Waals surface area contributed by atoms with Gasteiger partial charge in [0.15, 0.2) is 0 Å². The van der Waals surface area contributed by atoms with Crippen molar-refractivity contribution in [1.29, 1.82) is 0 Å². The molecule has 2 amide bonds. The molecule has 0 radical (unpaired) electrons. The molecule has 2 aromatic rings. The van der Waals surface area contributed by atoms with Crippen LogP contribution in [0.3, 0.4) is 0 Å². The molecule has 1 aliphatic rings. The lowest BCUT2D eigenvalue weighted by Crippen LogP contribution is -2.46. The van der Waals surface area contributed by atoms with Crippen LogP contribution in [0.25, 0.3) is 0 Å². The average molecular weight is 472 g/mol. The van der Waals surface area contributed by atoms with Crippen molar-refractivity contribution in [2.45, 2.75) is 63.3 Å². The van der Waals surface area contributed by atoms with E-state index in [4.69, 9.17) is 0 Å². The lowest BCUT2D eigenvalue weighted by Gasteiger charge is -2.24. The molecule has 0 aromatic heterocycles. The quantitative estimate of drug-likeness (QED) is 0.640. The average Bonchev–Trinajstić information content (AvgIpc) is 3.26. The molecular weight excluding hydrogens is 438 g/mol. The number of likely N-dealkylation sites (tertiary alicyclic amines) is 1. The number of nitrogens with zero attached hydrogens (tertiary/aromatic N) is 1. The summed E-state index contributed by atoms with van der Waals surface area (Å²) in [6, 6.07) is 12.7. The highest BCUT2D eigenvalue weighted by molar-refractivity contribution is 7.92. The summed E-state index contributed by atoms with van der Waals surface area (Å²) in [6.45, 7) is 9.24. The number of sulfonamides is 1. The van der Waals surface area contributed by atoms with Crippen LogP contribution in [0.2, 0.25) is 0 Å². The molecule has 1 aliphatic heterocycles. The first-order valence-electron chi connectivity index (χ1n) is 11.3. The Kier molecular flexibility index (Phi) is 7.47. The molecule has 1 fully saturated rings. The van der Waals surface area contributed by atoms with Crippen molar-refractivity contribution in [1.82, 2.24) is 10.2 Å². The van der Waals surface area contributed by atoms with Crippen LogP contribution in [0.1, 0.15) is 62.9 Å². The first-order valence-corrected chi connectivity index (χ1v) is 12.8. The molecule has 0 unspecified atom stereocenters. The minimum Gasteiger partial charge on any atom is -0.354 e. The summed E-state index contributed by atoms with van der Waals surface area (Å²) in [5.74, 6) is -0.419. The molecule has 1 saturated heterocycles. The second-order valence-corrected chi connectivity index (χ2v) is 11.1. The molecule has 33 heavy (non-hydrogen) atoms. The van der Waals surface area contributed by atoms with Crippen LogP contribution in [-0.2, 0) is 20.2 Å². The van der Waals surface area contributed by atoms with Crippen molar-refractivity contribution >= 4 is 27.5 Å². The fraction of sp³-hybridized carbons (Fsp3) is 0.440. The number of carbonyl (C=O) groups excluding carboxylic acids is 2. The van der Waals surface area contributed by atoms with E-state index >= 15 is 0 Å². The maximum absolute atomic E-state index is 13.1. The number of rotatable bonds is 7. The lowest BCUT2D eigenvalue weighted by molar-refractivity contribution is -0.124. The predicted octanol–water partition coefficient (Wildman–Crippen LogP) is 3.92. The summed E-state index contributed by atoms with van der Waals surface area (Å²) in [7, 11) is -3.81. The molecule has 2 aromatic carbocycles. The third-order valence-electron chi connectivity index (χ3n) is 5.76. The van der Waals surface area contributed by atoms with Crippen molar-refractivity contribution < 1.29 is 18.0 Å². The normalized spacial score (nSPS) is 16.5. The van der Waals surface area contributed by atoms with Gasteiger partial charge in [-0.2, -0.15) is 0 Å². The van der Waals surface area contributed by atoms with Crippen molar-refractivity contribution in [3.05, 3.63) is 59.7 Å². The number of benzene rings is 2. The Balaban J connectivity index is 1.76. The van der Waals surface area contributed by atoms with Crippen molar-refractivity contribution in [3.63, 3.8) is 0 Å². The Morgan fingerprint density at radius 1 is 1.09 bits per heavy atom. The van der Waals surface area contributed by atoms with Crippen LogP contribution < -0.4 is 10.0 Å². The van der Waals surface area contributed by atoms with Gasteiger partial charge >= 0.3 is 0 Å². The molecule has 2 N–H and O–H groups in total. The highest BCUT2D eigenvalue weighted by atomic mass is 32.2. The maximum atomic E-state index is 13.1. The van der Waals surface area contributed by atoms with Gasteiger partial charge in [0.2, 0.25) is 5.91 Å². The fourth-order valence-corrected chi connectivity index (χ4v) is 4.93. The molecule has 0 spiro atoms. The third-order valence-corrected chi connectivity index (χ3v) is 7.16. The Hall–Kier alpha value is -2.87. The summed E-state index contributed by atoms with van der Waals surface area (Å²) in [5.41, 5.74) is 1.60. The van der Waals surface area contributed by atoms with Crippen LogP contribution in [0.5, 0.6) is 0 Å². The second kappa shape index (κ2) is 9.95. The van der Waals surface area contributed by atoms with Gasteiger partial charge in [-0.1, -0.05) is 45.9 Å². The molecule has 0 aliphatic carbocycles. The van der Waals surface area contributed by atoms with E-state index in [-0.39, 0.29) is 22.1 Å². The van der Waals surface area contributed by atoms with E-state index in [0.717, 1.165) is 18.4 Å². The van der Waals surface area contributed by atoms with Gasteiger partial charge in [-0.05, 0) is 60.6 Å². The third kappa shape index (κ3) is 5.93. The van der Waals surface area contributed by atoms with E-state index < -0.39 is 16.1 Å². The van der Waals surface area contributed by atoms with Crippen molar-refractivity contribution in [2.24, 2.45) is 0 Å². The molecule has 0 bridgehead atoms. The largest absolute Gasteiger partial charge is 0.354 e. The van der Waals surface area contributed by atoms with Crippen LogP contribution in [-0.4, -0.2) is 44.3 Å². The Morgan fingerprint density at radius 2 is 1.79 bits per heavy atom. The number of hydrogen-bond acceptors (Lipinski definition) is 4. The fourth-order valence-electron chi connectivity index (χ4n) is 3.88. The zero-order valence-electron chi connectivity index (χ0n) is 19.7. The monoisotopic (exact) mass is 471 g/mol. The number of hydrogen-bond donors (Lipinski definition) is 2. The first kappa shape index (κ1) is 24.8. The van der Waals surface area contributed by atoms with Crippen LogP contribution in [0.4, 0.5) is 5.69 Å². The number of carbonyl (C=O) groups is 2. The van der Waals surface area contributed by atoms with Gasteiger partial charge in [-0.15, -0.1) is 0 Å². The van der Waals surface area contributed by atoms with Crippen molar-refractivity contribution in [2.75, 3.05) is 17.8 Å². The number of amides is 2. The zero-order chi connectivity index (χ0) is 24.2. The number of anilines is 1. The van der Waals surface area contributed by atoms with E-state index in [2.05, 4.69) is 30.8 Å². The second-order valence-electron chi connectivity index (χ2n) is 9.41. The summed E-state index contributed by atoms with van der Waals surface area (Å²) in [4.78, 5) is 27.3.